The van der Waals surface area contributed by atoms with Crippen molar-refractivity contribution >= 4 is 11.0 Å². The molecular formula is C19H20N2O5. The predicted octanol–water partition coefficient (Wildman–Crippen LogP) is 1.07. The van der Waals surface area contributed by atoms with Crippen LogP contribution in [0.3, 0.4) is 0 Å². The molecule has 0 radical (unpaired) electrons. The Balaban J connectivity index is 1.70. The number of rotatable bonds is 3. The van der Waals surface area contributed by atoms with Crippen LogP contribution in [0.4, 0.5) is 0 Å². The van der Waals surface area contributed by atoms with Crippen molar-refractivity contribution in [1.29, 1.82) is 0 Å². The van der Waals surface area contributed by atoms with Gasteiger partial charge in [0.15, 0.2) is 0 Å². The van der Waals surface area contributed by atoms with Crippen molar-refractivity contribution in [2.24, 2.45) is 0 Å². The Hall–Kier alpha value is -2.45. The number of H-pyrrole nitrogens is 2. The molecule has 2 heterocycles. The predicted molar refractivity (Wildman–Crippen MR) is 95.7 cm³/mol. The van der Waals surface area contributed by atoms with Crippen LogP contribution in [0, 0.1) is 0 Å². The highest BCUT2D eigenvalue weighted by Gasteiger charge is 2.37. The van der Waals surface area contributed by atoms with E-state index >= 15 is 0 Å². The van der Waals surface area contributed by atoms with Crippen molar-refractivity contribution in [3.8, 4) is 11.1 Å². The third-order valence-corrected chi connectivity index (χ3v) is 4.82. The largest absolute Gasteiger partial charge is 0.394 e. The van der Waals surface area contributed by atoms with E-state index in [1.807, 2.05) is 42.5 Å². The zero-order chi connectivity index (χ0) is 18.3. The SMILES string of the molecule is O=c1[nH]c2ccc(-c3cccc([C@H]4O[C@H](CO)C[C@H](O)[C@@H]4O)c3)cc2[nH]1. The molecule has 5 N–H and O–H groups in total. The van der Waals surface area contributed by atoms with Gasteiger partial charge < -0.3 is 30.0 Å². The van der Waals surface area contributed by atoms with Crippen LogP contribution >= 0.6 is 0 Å². The van der Waals surface area contributed by atoms with Gasteiger partial charge in [-0.1, -0.05) is 24.3 Å². The van der Waals surface area contributed by atoms with E-state index in [9.17, 15) is 20.1 Å². The average molecular weight is 356 g/mol. The standard InChI is InChI=1S/C19H20N2O5/c22-9-13-8-16(23)17(24)18(26-13)12-3-1-2-10(6-12)11-4-5-14-15(7-11)21-19(25)20-14/h1-7,13,16-18,22-24H,8-9H2,(H2,20,21,25)/t13-,16-,17-,18+/m0/s1. The summed E-state index contributed by atoms with van der Waals surface area (Å²) in [6, 6.07) is 13.1. The third kappa shape index (κ3) is 3.06. The summed E-state index contributed by atoms with van der Waals surface area (Å²) >= 11 is 0. The summed E-state index contributed by atoms with van der Waals surface area (Å²) in [5.41, 5.74) is 3.70. The van der Waals surface area contributed by atoms with Gasteiger partial charge in [0.1, 0.15) is 12.2 Å². The van der Waals surface area contributed by atoms with E-state index in [1.165, 1.54) is 0 Å². The van der Waals surface area contributed by atoms with Gasteiger partial charge in [-0.05, 0) is 34.9 Å². The van der Waals surface area contributed by atoms with Crippen LogP contribution in [0.15, 0.2) is 47.3 Å². The molecule has 1 aromatic heterocycles. The number of aliphatic hydroxyl groups is 3. The van der Waals surface area contributed by atoms with Gasteiger partial charge >= 0.3 is 5.69 Å². The van der Waals surface area contributed by atoms with Gasteiger partial charge in [-0.3, -0.25) is 0 Å². The molecule has 0 spiro atoms. The zero-order valence-electron chi connectivity index (χ0n) is 13.9. The Morgan fingerprint density at radius 2 is 1.81 bits per heavy atom. The van der Waals surface area contributed by atoms with Gasteiger partial charge in [0, 0.05) is 6.42 Å². The smallest absolute Gasteiger partial charge is 0.323 e. The number of aliphatic hydroxyl groups excluding tert-OH is 3. The number of imidazole rings is 1. The van der Waals surface area contributed by atoms with Gasteiger partial charge in [0.2, 0.25) is 0 Å². The normalized spacial score (nSPS) is 26.3. The number of fused-ring (bicyclic) bond motifs is 1. The first kappa shape index (κ1) is 17.0. The second-order valence-corrected chi connectivity index (χ2v) is 6.62. The lowest BCUT2D eigenvalue weighted by atomic mass is 9.91. The lowest BCUT2D eigenvalue weighted by Gasteiger charge is -2.37. The summed E-state index contributed by atoms with van der Waals surface area (Å²) in [5.74, 6) is 0. The van der Waals surface area contributed by atoms with Crippen LogP contribution in [0.25, 0.3) is 22.2 Å². The molecule has 1 fully saturated rings. The molecule has 0 aliphatic carbocycles. The molecule has 1 aliphatic rings. The zero-order valence-corrected chi connectivity index (χ0v) is 13.9. The first-order valence-corrected chi connectivity index (χ1v) is 8.50. The molecule has 7 heteroatoms. The van der Waals surface area contributed by atoms with E-state index in [1.54, 1.807) is 0 Å². The Morgan fingerprint density at radius 1 is 1.04 bits per heavy atom. The second-order valence-electron chi connectivity index (χ2n) is 6.62. The molecule has 2 aromatic carbocycles. The minimum Gasteiger partial charge on any atom is -0.394 e. The molecule has 0 unspecified atom stereocenters. The highest BCUT2D eigenvalue weighted by Crippen LogP contribution is 2.34. The number of nitrogens with one attached hydrogen (secondary N) is 2. The number of benzene rings is 2. The fraction of sp³-hybridized carbons (Fsp3) is 0.316. The van der Waals surface area contributed by atoms with Crippen LogP contribution in [0.1, 0.15) is 18.1 Å². The van der Waals surface area contributed by atoms with Crippen LogP contribution in [-0.2, 0) is 4.74 Å². The van der Waals surface area contributed by atoms with Gasteiger partial charge in [-0.15, -0.1) is 0 Å². The Labute approximate surface area is 148 Å². The van der Waals surface area contributed by atoms with Crippen molar-refractivity contribution in [3.05, 3.63) is 58.5 Å². The van der Waals surface area contributed by atoms with Crippen molar-refractivity contribution in [2.45, 2.75) is 30.8 Å². The summed E-state index contributed by atoms with van der Waals surface area (Å²) < 4.78 is 5.76. The molecule has 0 saturated carbocycles. The van der Waals surface area contributed by atoms with Crippen molar-refractivity contribution in [2.75, 3.05) is 6.61 Å². The van der Waals surface area contributed by atoms with E-state index in [2.05, 4.69) is 9.97 Å². The fourth-order valence-corrected chi connectivity index (χ4v) is 3.45. The summed E-state index contributed by atoms with van der Waals surface area (Å²) in [4.78, 5) is 16.9. The van der Waals surface area contributed by atoms with Gasteiger partial charge in [-0.25, -0.2) is 4.79 Å². The van der Waals surface area contributed by atoms with Crippen LogP contribution in [0.5, 0.6) is 0 Å². The fourth-order valence-electron chi connectivity index (χ4n) is 3.45. The summed E-state index contributed by atoms with van der Waals surface area (Å²) in [6.07, 6.45) is -3.03. The Bertz CT molecular complexity index is 979. The van der Waals surface area contributed by atoms with Gasteiger partial charge in [0.25, 0.3) is 0 Å². The van der Waals surface area contributed by atoms with E-state index < -0.39 is 24.4 Å². The second kappa shape index (κ2) is 6.69. The molecule has 0 amide bonds. The molecule has 136 valence electrons. The molecule has 1 saturated heterocycles. The van der Waals surface area contributed by atoms with Gasteiger partial charge in [-0.2, -0.15) is 0 Å². The quantitative estimate of drug-likeness (QED) is 0.481. The molecule has 0 bridgehead atoms. The highest BCUT2D eigenvalue weighted by molar-refractivity contribution is 5.81. The summed E-state index contributed by atoms with van der Waals surface area (Å²) in [5, 5.41) is 29.7. The lowest BCUT2D eigenvalue weighted by Crippen LogP contribution is -2.44. The van der Waals surface area contributed by atoms with E-state index in [-0.39, 0.29) is 18.7 Å². The first-order chi connectivity index (χ1) is 12.5. The maximum atomic E-state index is 11.4. The maximum absolute atomic E-state index is 11.4. The van der Waals surface area contributed by atoms with Crippen molar-refractivity contribution < 1.29 is 20.1 Å². The number of ether oxygens (including phenoxy) is 1. The Morgan fingerprint density at radius 3 is 2.62 bits per heavy atom. The van der Waals surface area contributed by atoms with E-state index in [0.717, 1.165) is 22.2 Å². The maximum Gasteiger partial charge on any atom is 0.323 e. The first-order valence-electron chi connectivity index (χ1n) is 8.50. The van der Waals surface area contributed by atoms with Crippen LogP contribution < -0.4 is 5.69 Å². The summed E-state index contributed by atoms with van der Waals surface area (Å²) in [6.45, 7) is -0.211. The number of aromatic nitrogens is 2. The third-order valence-electron chi connectivity index (χ3n) is 4.82. The van der Waals surface area contributed by atoms with E-state index in [4.69, 9.17) is 4.74 Å². The van der Waals surface area contributed by atoms with E-state index in [0.29, 0.717) is 5.52 Å². The monoisotopic (exact) mass is 356 g/mol. The molecule has 26 heavy (non-hydrogen) atoms. The topological polar surface area (TPSA) is 119 Å². The minimum absolute atomic E-state index is 0.200. The molecule has 4 rings (SSSR count). The molecule has 7 nitrogen and oxygen atoms in total. The Kier molecular flexibility index (Phi) is 4.37. The van der Waals surface area contributed by atoms with Crippen LogP contribution in [-0.4, -0.2) is 50.2 Å². The molecule has 4 atom stereocenters. The average Bonchev–Trinajstić information content (AvgIpc) is 3.03. The molecule has 3 aromatic rings. The number of hydrogen-bond acceptors (Lipinski definition) is 5. The molecular weight excluding hydrogens is 336 g/mol. The number of hydrogen-bond donors (Lipinski definition) is 5. The van der Waals surface area contributed by atoms with Crippen molar-refractivity contribution in [1.82, 2.24) is 9.97 Å². The lowest BCUT2D eigenvalue weighted by molar-refractivity contribution is -0.179. The van der Waals surface area contributed by atoms with Crippen LogP contribution in [0.2, 0.25) is 0 Å². The summed E-state index contributed by atoms with van der Waals surface area (Å²) in [7, 11) is 0. The molecule has 1 aliphatic heterocycles. The minimum atomic E-state index is -1.06. The van der Waals surface area contributed by atoms with Gasteiger partial charge in [0.05, 0.1) is 29.8 Å². The highest BCUT2D eigenvalue weighted by atomic mass is 16.5. The van der Waals surface area contributed by atoms with Crippen molar-refractivity contribution in [3.63, 3.8) is 0 Å². The number of aromatic amines is 2.